The fourth-order valence-corrected chi connectivity index (χ4v) is 3.81. The molecule has 0 radical (unpaired) electrons. The number of nitrogens with one attached hydrogen (secondary N) is 1. The zero-order valence-electron chi connectivity index (χ0n) is 15.5. The molecule has 4 rings (SSSR count). The summed E-state index contributed by atoms with van der Waals surface area (Å²) >= 11 is 16.2. The maximum Gasteiger partial charge on any atom is 0.157 e. The number of H-pyrrole nitrogens is 1. The van der Waals surface area contributed by atoms with E-state index in [-0.39, 0.29) is 0 Å². The highest BCUT2D eigenvalue weighted by Crippen LogP contribution is 2.36. The first-order valence-corrected chi connectivity index (χ1v) is 10.5. The topological polar surface area (TPSA) is 61.7 Å². The fourth-order valence-electron chi connectivity index (χ4n) is 2.94. The molecule has 3 aromatic carbocycles. The summed E-state index contributed by atoms with van der Waals surface area (Å²) < 4.78 is 6.82. The zero-order valence-corrected chi connectivity index (χ0v) is 18.6. The summed E-state index contributed by atoms with van der Waals surface area (Å²) in [4.78, 5) is 7.63. The largest absolute Gasteiger partial charge is 0.486 e. The second-order valence-corrected chi connectivity index (χ2v) is 8.23. The van der Waals surface area contributed by atoms with E-state index in [0.717, 1.165) is 21.1 Å². The fraction of sp³-hybridized carbons (Fsp3) is 0.0435. The van der Waals surface area contributed by atoms with Crippen LogP contribution in [0.4, 0.5) is 0 Å². The van der Waals surface area contributed by atoms with Gasteiger partial charge in [-0.15, -0.1) is 0 Å². The van der Waals surface area contributed by atoms with Crippen LogP contribution in [0.2, 0.25) is 10.0 Å². The van der Waals surface area contributed by atoms with Crippen molar-refractivity contribution in [3.63, 3.8) is 0 Å². The van der Waals surface area contributed by atoms with Crippen molar-refractivity contribution >= 4 is 61.8 Å². The summed E-state index contributed by atoms with van der Waals surface area (Å²) in [6.07, 6.45) is 1.69. The first-order chi connectivity index (χ1) is 14.5. The van der Waals surface area contributed by atoms with Gasteiger partial charge in [0.1, 0.15) is 18.5 Å². The number of imidazole rings is 1. The number of benzene rings is 3. The lowest BCUT2D eigenvalue weighted by Gasteiger charge is -2.11. The van der Waals surface area contributed by atoms with Crippen LogP contribution < -0.4 is 4.74 Å². The molecule has 4 nitrogen and oxygen atoms in total. The third kappa shape index (κ3) is 4.52. The summed E-state index contributed by atoms with van der Waals surface area (Å²) in [5.41, 5.74) is 3.70. The molecular weight excluding hydrogens is 485 g/mol. The Morgan fingerprint density at radius 3 is 2.47 bits per heavy atom. The molecule has 0 aliphatic carbocycles. The molecule has 0 fully saturated rings. The number of aromatic nitrogens is 2. The van der Waals surface area contributed by atoms with Crippen molar-refractivity contribution in [1.29, 1.82) is 5.26 Å². The molecule has 148 valence electrons. The summed E-state index contributed by atoms with van der Waals surface area (Å²) in [6.45, 7) is 0.338. The minimum absolute atomic E-state index is 0.338. The molecular formula is C23H14BrCl2N3O. The van der Waals surface area contributed by atoms with E-state index >= 15 is 0 Å². The van der Waals surface area contributed by atoms with Crippen LogP contribution in [0.25, 0.3) is 22.7 Å². The Labute approximate surface area is 191 Å². The number of halogens is 3. The van der Waals surface area contributed by atoms with Gasteiger partial charge in [-0.2, -0.15) is 5.26 Å². The van der Waals surface area contributed by atoms with E-state index in [0.29, 0.717) is 39.4 Å². The predicted octanol–water partition coefficient (Wildman–Crippen LogP) is 7.28. The van der Waals surface area contributed by atoms with Crippen LogP contribution in [0.15, 0.2) is 65.1 Å². The second-order valence-electron chi connectivity index (χ2n) is 6.50. The molecule has 0 saturated heterocycles. The van der Waals surface area contributed by atoms with Crippen molar-refractivity contribution in [3.05, 3.63) is 92.1 Å². The average Bonchev–Trinajstić information content (AvgIpc) is 3.16. The molecule has 4 aromatic rings. The quantitative estimate of drug-likeness (QED) is 0.294. The molecule has 1 aromatic heterocycles. The van der Waals surface area contributed by atoms with Gasteiger partial charge in [-0.05, 0) is 53.6 Å². The van der Waals surface area contributed by atoms with Gasteiger partial charge in [0.2, 0.25) is 0 Å². The maximum atomic E-state index is 9.62. The number of allylic oxidation sites excluding steroid dienone is 1. The zero-order chi connectivity index (χ0) is 21.1. The van der Waals surface area contributed by atoms with Crippen LogP contribution in [-0.4, -0.2) is 9.97 Å². The second kappa shape index (κ2) is 8.93. The minimum Gasteiger partial charge on any atom is -0.486 e. The number of hydrogen-bond acceptors (Lipinski definition) is 3. The Morgan fingerprint density at radius 2 is 1.80 bits per heavy atom. The van der Waals surface area contributed by atoms with Gasteiger partial charge in [-0.25, -0.2) is 4.98 Å². The van der Waals surface area contributed by atoms with Crippen molar-refractivity contribution in [2.45, 2.75) is 6.61 Å². The average molecular weight is 499 g/mol. The number of para-hydroxylation sites is 2. The Hall–Kier alpha value is -2.78. The number of rotatable bonds is 5. The molecule has 30 heavy (non-hydrogen) atoms. The Bertz CT molecular complexity index is 1230. The van der Waals surface area contributed by atoms with Gasteiger partial charge in [-0.3, -0.25) is 0 Å². The summed E-state index contributed by atoms with van der Waals surface area (Å²) in [5, 5.41) is 10.4. The maximum absolute atomic E-state index is 9.62. The lowest BCUT2D eigenvalue weighted by atomic mass is 10.1. The van der Waals surface area contributed by atoms with Gasteiger partial charge in [0.15, 0.2) is 5.75 Å². The first-order valence-electron chi connectivity index (χ1n) is 8.96. The predicted molar refractivity (Wildman–Crippen MR) is 125 cm³/mol. The Kier molecular flexibility index (Phi) is 6.10. The van der Waals surface area contributed by atoms with E-state index in [2.05, 4.69) is 32.0 Å². The molecule has 1 heterocycles. The van der Waals surface area contributed by atoms with Crippen LogP contribution in [-0.2, 0) is 6.61 Å². The molecule has 0 spiro atoms. The van der Waals surface area contributed by atoms with Crippen LogP contribution in [0.1, 0.15) is 17.0 Å². The monoisotopic (exact) mass is 497 g/mol. The number of nitrogens with zero attached hydrogens (tertiary/aromatic N) is 2. The SMILES string of the molecule is N#C/C(=C\c1cc(Cl)c(OCc2ccc(Br)cc2)c(Cl)c1)c1nc2ccccc2[nH]1. The highest BCUT2D eigenvalue weighted by Gasteiger charge is 2.12. The molecule has 0 amide bonds. The van der Waals surface area contributed by atoms with Gasteiger partial charge in [0.05, 0.1) is 26.7 Å². The van der Waals surface area contributed by atoms with E-state index in [1.165, 1.54) is 0 Å². The minimum atomic E-state index is 0.338. The van der Waals surface area contributed by atoms with Crippen molar-refractivity contribution in [2.75, 3.05) is 0 Å². The lowest BCUT2D eigenvalue weighted by Crippen LogP contribution is -1.97. The third-order valence-electron chi connectivity index (χ3n) is 4.39. The summed E-state index contributed by atoms with van der Waals surface area (Å²) in [7, 11) is 0. The number of hydrogen-bond donors (Lipinski definition) is 1. The van der Waals surface area contributed by atoms with Gasteiger partial charge in [0, 0.05) is 4.47 Å². The molecule has 1 N–H and O–H groups in total. The first kappa shape index (κ1) is 20.5. The molecule has 0 atom stereocenters. The van der Waals surface area contributed by atoms with Gasteiger partial charge in [0.25, 0.3) is 0 Å². The normalized spacial score (nSPS) is 11.5. The number of aromatic amines is 1. The van der Waals surface area contributed by atoms with Gasteiger partial charge in [-0.1, -0.05) is 63.4 Å². The number of fused-ring (bicyclic) bond motifs is 1. The molecule has 0 saturated carbocycles. The lowest BCUT2D eigenvalue weighted by molar-refractivity contribution is 0.306. The van der Waals surface area contributed by atoms with E-state index in [9.17, 15) is 5.26 Å². The number of ether oxygens (including phenoxy) is 1. The third-order valence-corrected chi connectivity index (χ3v) is 5.48. The van der Waals surface area contributed by atoms with Crippen LogP contribution >= 0.6 is 39.1 Å². The van der Waals surface area contributed by atoms with E-state index < -0.39 is 0 Å². The molecule has 7 heteroatoms. The Balaban J connectivity index is 1.59. The van der Waals surface area contributed by atoms with Crippen molar-refractivity contribution in [3.8, 4) is 11.8 Å². The van der Waals surface area contributed by atoms with E-state index in [1.807, 2.05) is 48.5 Å². The highest BCUT2D eigenvalue weighted by molar-refractivity contribution is 9.10. The van der Waals surface area contributed by atoms with Gasteiger partial charge >= 0.3 is 0 Å². The van der Waals surface area contributed by atoms with Crippen molar-refractivity contribution in [2.24, 2.45) is 0 Å². The van der Waals surface area contributed by atoms with Crippen molar-refractivity contribution in [1.82, 2.24) is 9.97 Å². The Morgan fingerprint density at radius 1 is 1.10 bits per heavy atom. The van der Waals surface area contributed by atoms with E-state index in [1.54, 1.807) is 18.2 Å². The van der Waals surface area contributed by atoms with Crippen LogP contribution in [0.3, 0.4) is 0 Å². The van der Waals surface area contributed by atoms with Crippen LogP contribution in [0.5, 0.6) is 5.75 Å². The van der Waals surface area contributed by atoms with E-state index in [4.69, 9.17) is 27.9 Å². The summed E-state index contributed by atoms with van der Waals surface area (Å²) in [6, 6.07) is 21.0. The molecule has 0 bridgehead atoms. The molecule has 0 aliphatic rings. The molecule has 0 aliphatic heterocycles. The highest BCUT2D eigenvalue weighted by atomic mass is 79.9. The smallest absolute Gasteiger partial charge is 0.157 e. The molecule has 0 unspecified atom stereocenters. The van der Waals surface area contributed by atoms with Crippen LogP contribution in [0, 0.1) is 11.3 Å². The summed E-state index contributed by atoms with van der Waals surface area (Å²) in [5.74, 6) is 0.891. The van der Waals surface area contributed by atoms with Gasteiger partial charge < -0.3 is 9.72 Å². The van der Waals surface area contributed by atoms with Crippen molar-refractivity contribution < 1.29 is 4.74 Å². The standard InChI is InChI=1S/C23H14BrCl2N3O/c24-17-7-5-14(6-8-17)13-30-22-18(25)10-15(11-19(22)26)9-16(12-27)23-28-20-3-1-2-4-21(20)29-23/h1-11H,13H2,(H,28,29)/b16-9+. The number of nitriles is 1.